The lowest BCUT2D eigenvalue weighted by Gasteiger charge is -2.12. The minimum atomic E-state index is 0.166. The van der Waals surface area contributed by atoms with Crippen LogP contribution in [-0.2, 0) is 0 Å². The lowest BCUT2D eigenvalue weighted by Crippen LogP contribution is -2.08. The molecule has 2 aromatic rings. The Morgan fingerprint density at radius 1 is 1.56 bits per heavy atom. The number of nitrogens with zero attached hydrogens (tertiary/aromatic N) is 3. The summed E-state index contributed by atoms with van der Waals surface area (Å²) >= 11 is 5.13. The predicted octanol–water partition coefficient (Wildman–Crippen LogP) is 1.18. The first kappa shape index (κ1) is 11.4. The van der Waals surface area contributed by atoms with Crippen LogP contribution in [0.3, 0.4) is 0 Å². The van der Waals surface area contributed by atoms with Gasteiger partial charge in [0.25, 0.3) is 0 Å². The monoisotopic (exact) mass is 263 g/mol. The molecule has 3 rings (SSSR count). The molecule has 1 aliphatic carbocycles. The van der Waals surface area contributed by atoms with Crippen LogP contribution in [0.1, 0.15) is 12.5 Å². The maximum Gasteiger partial charge on any atom is 0.200 e. The Labute approximate surface area is 108 Å². The lowest BCUT2D eigenvalue weighted by molar-refractivity contribution is 0.244. The molecule has 7 heteroatoms. The Morgan fingerprint density at radius 3 is 3.11 bits per heavy atom. The van der Waals surface area contributed by atoms with E-state index in [9.17, 15) is 0 Å². The van der Waals surface area contributed by atoms with Crippen LogP contribution in [0.15, 0.2) is 18.5 Å². The lowest BCUT2D eigenvalue weighted by atomic mass is 10.1. The number of nitrogens with two attached hydrogens (primary N) is 1. The molecule has 0 bridgehead atoms. The fourth-order valence-corrected chi connectivity index (χ4v) is 2.55. The van der Waals surface area contributed by atoms with Crippen molar-refractivity contribution in [2.24, 2.45) is 5.92 Å². The van der Waals surface area contributed by atoms with E-state index in [2.05, 4.69) is 21.0 Å². The molecule has 0 aliphatic heterocycles. The second-order valence-electron chi connectivity index (χ2n) is 4.41. The van der Waals surface area contributed by atoms with Crippen LogP contribution in [0.2, 0.25) is 0 Å². The standard InChI is InChI=1S/C11H13N5OS/c12-11-14-9-8(10(18)15-11)13-5-16(9)7-2-1-6(3-7)4-17/h1-2,5-7,17H,3-4H2,(H3,12,14,15,18)/t6-,7?/m1/s1. The highest BCUT2D eigenvalue weighted by Crippen LogP contribution is 2.29. The summed E-state index contributed by atoms with van der Waals surface area (Å²) < 4.78 is 2.38. The summed E-state index contributed by atoms with van der Waals surface area (Å²) in [6.07, 6.45) is 6.67. The number of hydrogen-bond donors (Lipinski definition) is 3. The van der Waals surface area contributed by atoms with Crippen molar-refractivity contribution < 1.29 is 5.11 Å². The fourth-order valence-electron chi connectivity index (χ4n) is 2.30. The van der Waals surface area contributed by atoms with E-state index in [1.54, 1.807) is 6.33 Å². The summed E-state index contributed by atoms with van der Waals surface area (Å²) in [6.45, 7) is 0.166. The van der Waals surface area contributed by atoms with Gasteiger partial charge in [0.1, 0.15) is 11.2 Å². The highest BCUT2D eigenvalue weighted by molar-refractivity contribution is 7.71. The zero-order valence-corrected chi connectivity index (χ0v) is 10.4. The van der Waals surface area contributed by atoms with Crippen LogP contribution in [0.4, 0.5) is 5.95 Å². The second-order valence-corrected chi connectivity index (χ2v) is 4.79. The zero-order valence-electron chi connectivity index (χ0n) is 9.58. The first-order chi connectivity index (χ1) is 8.69. The van der Waals surface area contributed by atoms with Gasteiger partial charge in [-0.2, -0.15) is 0 Å². The molecule has 2 heterocycles. The first-order valence-corrected chi connectivity index (χ1v) is 6.11. The van der Waals surface area contributed by atoms with Gasteiger partial charge in [-0.15, -0.1) is 0 Å². The Kier molecular flexibility index (Phi) is 2.64. The van der Waals surface area contributed by atoms with Crippen LogP contribution in [0.25, 0.3) is 11.2 Å². The summed E-state index contributed by atoms with van der Waals surface area (Å²) in [6, 6.07) is 0.166. The second kappa shape index (κ2) is 4.18. The van der Waals surface area contributed by atoms with Crippen molar-refractivity contribution in [2.45, 2.75) is 12.5 Å². The minimum absolute atomic E-state index is 0.166. The number of aromatic amines is 1. The van der Waals surface area contributed by atoms with Crippen LogP contribution < -0.4 is 5.73 Å². The van der Waals surface area contributed by atoms with Crippen LogP contribution in [-0.4, -0.2) is 31.2 Å². The van der Waals surface area contributed by atoms with Gasteiger partial charge in [0.15, 0.2) is 10.6 Å². The van der Waals surface area contributed by atoms with E-state index >= 15 is 0 Å². The summed E-state index contributed by atoms with van der Waals surface area (Å²) in [5.74, 6) is 0.490. The van der Waals surface area contributed by atoms with Gasteiger partial charge in [0.2, 0.25) is 0 Å². The number of fused-ring (bicyclic) bond motifs is 1. The number of hydrogen-bond acceptors (Lipinski definition) is 5. The number of rotatable bonds is 2. The van der Waals surface area contributed by atoms with Crippen molar-refractivity contribution in [3.63, 3.8) is 0 Å². The number of allylic oxidation sites excluding steroid dienone is 1. The number of imidazole rings is 1. The van der Waals surface area contributed by atoms with Crippen LogP contribution in [0.5, 0.6) is 0 Å². The van der Waals surface area contributed by atoms with Crippen molar-refractivity contribution in [3.05, 3.63) is 23.1 Å². The number of aliphatic hydroxyl groups is 1. The quantitative estimate of drug-likeness (QED) is 0.559. The summed E-state index contributed by atoms with van der Waals surface area (Å²) in [4.78, 5) is 11.2. The van der Waals surface area contributed by atoms with Crippen molar-refractivity contribution >= 4 is 29.3 Å². The van der Waals surface area contributed by atoms with Gasteiger partial charge in [-0.25, -0.2) is 9.97 Å². The molecular weight excluding hydrogens is 250 g/mol. The third-order valence-electron chi connectivity index (χ3n) is 3.21. The molecule has 0 saturated carbocycles. The molecule has 1 unspecified atom stereocenters. The average molecular weight is 263 g/mol. The zero-order chi connectivity index (χ0) is 12.7. The number of anilines is 1. The van der Waals surface area contributed by atoms with Gasteiger partial charge in [-0.05, 0) is 6.42 Å². The Bertz CT molecular complexity index is 674. The van der Waals surface area contributed by atoms with E-state index in [1.807, 2.05) is 10.6 Å². The van der Waals surface area contributed by atoms with Crippen LogP contribution in [0, 0.1) is 10.6 Å². The molecule has 0 amide bonds. The van der Waals surface area contributed by atoms with E-state index in [4.69, 9.17) is 23.1 Å². The van der Waals surface area contributed by atoms with E-state index < -0.39 is 0 Å². The van der Waals surface area contributed by atoms with E-state index in [-0.39, 0.29) is 24.5 Å². The molecule has 94 valence electrons. The van der Waals surface area contributed by atoms with Gasteiger partial charge in [0, 0.05) is 12.5 Å². The molecule has 2 aromatic heterocycles. The SMILES string of the molecule is Nc1nc(=S)c2ncn(C3C=C[C@@H](CO)C3)c2[nH]1. The van der Waals surface area contributed by atoms with Gasteiger partial charge >= 0.3 is 0 Å². The van der Waals surface area contributed by atoms with Crippen molar-refractivity contribution in [1.29, 1.82) is 0 Å². The summed E-state index contributed by atoms with van der Waals surface area (Å²) in [7, 11) is 0. The Morgan fingerprint density at radius 2 is 2.39 bits per heavy atom. The molecule has 6 nitrogen and oxygen atoms in total. The molecule has 4 N–H and O–H groups in total. The Balaban J connectivity index is 2.09. The summed E-state index contributed by atoms with van der Waals surface area (Å²) in [5.41, 5.74) is 7.10. The largest absolute Gasteiger partial charge is 0.396 e. The van der Waals surface area contributed by atoms with Crippen LogP contribution >= 0.6 is 12.2 Å². The average Bonchev–Trinajstić information content (AvgIpc) is 2.93. The molecule has 0 fully saturated rings. The fraction of sp³-hybridized carbons (Fsp3) is 0.364. The maximum absolute atomic E-state index is 9.15. The molecule has 0 aromatic carbocycles. The topological polar surface area (TPSA) is 92.8 Å². The summed E-state index contributed by atoms with van der Waals surface area (Å²) in [5, 5.41) is 9.15. The highest BCUT2D eigenvalue weighted by atomic mass is 32.1. The molecule has 0 radical (unpaired) electrons. The van der Waals surface area contributed by atoms with Crippen molar-refractivity contribution in [2.75, 3.05) is 12.3 Å². The molecule has 1 aliphatic rings. The molecule has 18 heavy (non-hydrogen) atoms. The van der Waals surface area contributed by atoms with Gasteiger partial charge < -0.3 is 20.4 Å². The number of nitrogen functional groups attached to an aromatic ring is 1. The number of aliphatic hydroxyl groups excluding tert-OH is 1. The number of nitrogens with one attached hydrogen (secondary N) is 1. The first-order valence-electron chi connectivity index (χ1n) is 5.70. The number of H-pyrrole nitrogens is 1. The van der Waals surface area contributed by atoms with Gasteiger partial charge in [-0.3, -0.25) is 0 Å². The van der Waals surface area contributed by atoms with Crippen molar-refractivity contribution in [3.8, 4) is 0 Å². The highest BCUT2D eigenvalue weighted by Gasteiger charge is 2.21. The van der Waals surface area contributed by atoms with Crippen molar-refractivity contribution in [1.82, 2.24) is 19.5 Å². The third-order valence-corrected chi connectivity index (χ3v) is 3.49. The van der Waals surface area contributed by atoms with E-state index in [0.717, 1.165) is 12.1 Å². The maximum atomic E-state index is 9.15. The minimum Gasteiger partial charge on any atom is -0.396 e. The van der Waals surface area contributed by atoms with E-state index in [0.29, 0.717) is 10.2 Å². The molecule has 2 atom stereocenters. The Hall–Kier alpha value is -1.73. The third kappa shape index (κ3) is 1.72. The molecule has 0 saturated heterocycles. The smallest absolute Gasteiger partial charge is 0.200 e. The molecule has 0 spiro atoms. The van der Waals surface area contributed by atoms with Gasteiger partial charge in [-0.1, -0.05) is 24.4 Å². The van der Waals surface area contributed by atoms with E-state index in [1.165, 1.54) is 0 Å². The number of aromatic nitrogens is 4. The predicted molar refractivity (Wildman–Crippen MR) is 70.5 cm³/mol. The molecular formula is C11H13N5OS. The normalized spacial score (nSPS) is 22.9. The van der Waals surface area contributed by atoms with Gasteiger partial charge in [0.05, 0.1) is 12.4 Å².